The molecular weight excluding hydrogens is 462 g/mol. The minimum Gasteiger partial charge on any atom is -0.497 e. The summed E-state index contributed by atoms with van der Waals surface area (Å²) in [6.45, 7) is 6.54. The van der Waals surface area contributed by atoms with E-state index in [1.807, 2.05) is 48.7 Å². The normalized spacial score (nSPS) is 14.5. The van der Waals surface area contributed by atoms with Crippen LogP contribution in [0.25, 0.3) is 11.1 Å². The number of nitrogens with one attached hydrogen (secondary N) is 1. The summed E-state index contributed by atoms with van der Waals surface area (Å²) < 4.78 is 10.3. The Morgan fingerprint density at radius 1 is 1.00 bits per heavy atom. The van der Waals surface area contributed by atoms with Crippen LogP contribution in [0.1, 0.15) is 21.5 Å². The highest BCUT2D eigenvalue weighted by molar-refractivity contribution is 7.15. The number of rotatable bonds is 8. The number of thiophene rings is 1. The summed E-state index contributed by atoms with van der Waals surface area (Å²) in [7, 11) is 3.03. The first-order valence-electron chi connectivity index (χ1n) is 11.6. The molecule has 1 aliphatic heterocycles. The van der Waals surface area contributed by atoms with Crippen LogP contribution in [0.15, 0.2) is 53.9 Å². The second-order valence-electron chi connectivity index (χ2n) is 8.66. The fraction of sp³-hybridized carbons (Fsp3) is 0.333. The largest absolute Gasteiger partial charge is 0.497 e. The van der Waals surface area contributed by atoms with Crippen molar-refractivity contribution in [1.29, 1.82) is 0 Å². The quantitative estimate of drug-likeness (QED) is 0.473. The van der Waals surface area contributed by atoms with Gasteiger partial charge in [-0.1, -0.05) is 42.0 Å². The molecule has 2 aromatic carbocycles. The van der Waals surface area contributed by atoms with Gasteiger partial charge in [-0.2, -0.15) is 0 Å². The van der Waals surface area contributed by atoms with Gasteiger partial charge >= 0.3 is 5.97 Å². The van der Waals surface area contributed by atoms with Crippen LogP contribution in [0.4, 0.5) is 5.00 Å². The number of aryl methyl sites for hydroxylation is 1. The molecule has 1 saturated heterocycles. The van der Waals surface area contributed by atoms with Gasteiger partial charge in [0.25, 0.3) is 0 Å². The van der Waals surface area contributed by atoms with Gasteiger partial charge in [0, 0.05) is 43.7 Å². The van der Waals surface area contributed by atoms with Crippen LogP contribution in [0.2, 0.25) is 0 Å². The van der Waals surface area contributed by atoms with E-state index >= 15 is 0 Å². The number of carbonyl (C=O) groups is 2. The van der Waals surface area contributed by atoms with Gasteiger partial charge in [0.05, 0.1) is 20.8 Å². The van der Waals surface area contributed by atoms with Crippen molar-refractivity contribution in [2.45, 2.75) is 13.5 Å². The Bertz CT molecular complexity index is 1170. The third-order valence-corrected chi connectivity index (χ3v) is 7.06. The Morgan fingerprint density at radius 3 is 2.40 bits per heavy atom. The highest BCUT2D eigenvalue weighted by Gasteiger charge is 2.24. The summed E-state index contributed by atoms with van der Waals surface area (Å²) in [4.78, 5) is 29.9. The van der Waals surface area contributed by atoms with Crippen molar-refractivity contribution in [1.82, 2.24) is 9.80 Å². The first-order valence-corrected chi connectivity index (χ1v) is 12.5. The lowest BCUT2D eigenvalue weighted by molar-refractivity contribution is -0.117. The van der Waals surface area contributed by atoms with Crippen molar-refractivity contribution in [2.24, 2.45) is 0 Å². The van der Waals surface area contributed by atoms with Crippen molar-refractivity contribution in [3.05, 3.63) is 70.6 Å². The van der Waals surface area contributed by atoms with Gasteiger partial charge in [-0.05, 0) is 30.2 Å². The van der Waals surface area contributed by atoms with Gasteiger partial charge in [-0.15, -0.1) is 11.3 Å². The maximum atomic E-state index is 12.9. The minimum absolute atomic E-state index is 0.131. The predicted octanol–water partition coefficient (Wildman–Crippen LogP) is 4.28. The second kappa shape index (κ2) is 11.5. The number of amides is 1. The molecule has 0 aliphatic carbocycles. The van der Waals surface area contributed by atoms with Gasteiger partial charge in [-0.25, -0.2) is 4.79 Å². The van der Waals surface area contributed by atoms with E-state index in [2.05, 4.69) is 27.2 Å². The molecule has 0 unspecified atom stereocenters. The lowest BCUT2D eigenvalue weighted by Crippen LogP contribution is -2.48. The van der Waals surface area contributed by atoms with Crippen LogP contribution in [-0.2, 0) is 16.1 Å². The zero-order valence-electron chi connectivity index (χ0n) is 20.4. The fourth-order valence-corrected chi connectivity index (χ4v) is 5.18. The number of hydrogen-bond acceptors (Lipinski definition) is 7. The summed E-state index contributed by atoms with van der Waals surface area (Å²) in [6.07, 6.45) is 0. The van der Waals surface area contributed by atoms with E-state index in [-0.39, 0.29) is 12.5 Å². The Hall–Kier alpha value is -3.20. The Kier molecular flexibility index (Phi) is 8.17. The molecule has 1 aliphatic rings. The van der Waals surface area contributed by atoms with Gasteiger partial charge in [0.1, 0.15) is 16.3 Å². The Balaban J connectivity index is 1.35. The number of nitrogens with zero attached hydrogens (tertiary/aromatic N) is 2. The van der Waals surface area contributed by atoms with E-state index in [1.165, 1.54) is 24.0 Å². The molecule has 1 fully saturated rings. The van der Waals surface area contributed by atoms with Crippen molar-refractivity contribution in [2.75, 3.05) is 52.3 Å². The molecule has 0 radical (unpaired) electrons. The van der Waals surface area contributed by atoms with Crippen LogP contribution in [0, 0.1) is 6.92 Å². The minimum atomic E-state index is -0.455. The summed E-state index contributed by atoms with van der Waals surface area (Å²) in [5.41, 5.74) is 4.44. The summed E-state index contributed by atoms with van der Waals surface area (Å²) in [5.74, 6) is 0.278. The zero-order valence-corrected chi connectivity index (χ0v) is 21.2. The third kappa shape index (κ3) is 6.28. The highest BCUT2D eigenvalue weighted by Crippen LogP contribution is 2.36. The van der Waals surface area contributed by atoms with Gasteiger partial charge < -0.3 is 14.8 Å². The fourth-order valence-electron chi connectivity index (χ4n) is 4.20. The number of methoxy groups -OCH3 is 2. The number of ether oxygens (including phenoxy) is 2. The predicted molar refractivity (Wildman–Crippen MR) is 139 cm³/mol. The van der Waals surface area contributed by atoms with Crippen LogP contribution < -0.4 is 10.1 Å². The number of carbonyl (C=O) groups excluding carboxylic acids is 2. The van der Waals surface area contributed by atoms with Gasteiger partial charge in [0.2, 0.25) is 5.91 Å². The monoisotopic (exact) mass is 493 g/mol. The smallest absolute Gasteiger partial charge is 0.341 e. The zero-order chi connectivity index (χ0) is 24.8. The van der Waals surface area contributed by atoms with Crippen LogP contribution in [0.5, 0.6) is 5.75 Å². The highest BCUT2D eigenvalue weighted by atomic mass is 32.1. The molecule has 4 rings (SSSR count). The average Bonchev–Trinajstić information content (AvgIpc) is 3.28. The lowest BCUT2D eigenvalue weighted by Gasteiger charge is -2.34. The van der Waals surface area contributed by atoms with Crippen LogP contribution in [-0.4, -0.2) is 68.6 Å². The van der Waals surface area contributed by atoms with Crippen molar-refractivity contribution < 1.29 is 19.1 Å². The van der Waals surface area contributed by atoms with Crippen molar-refractivity contribution >= 4 is 28.2 Å². The van der Waals surface area contributed by atoms with E-state index in [1.54, 1.807) is 7.11 Å². The standard InChI is InChI=1S/C27H31N3O4S/c1-19-7-9-21(10-8-19)23-18-35-26(25(23)27(32)34-3)28-24(31)17-30-13-11-29(12-14-30)16-20-5-4-6-22(15-20)33-2/h4-10,15,18H,11-14,16-17H2,1-3H3,(H,28,31). The molecule has 0 bridgehead atoms. The van der Waals surface area contributed by atoms with Gasteiger partial charge in [0.15, 0.2) is 0 Å². The molecule has 1 aromatic heterocycles. The van der Waals surface area contributed by atoms with Crippen molar-refractivity contribution in [3.63, 3.8) is 0 Å². The maximum absolute atomic E-state index is 12.9. The first kappa shape index (κ1) is 24.9. The molecule has 2 heterocycles. The molecule has 0 atom stereocenters. The topological polar surface area (TPSA) is 71.1 Å². The average molecular weight is 494 g/mol. The first-order chi connectivity index (χ1) is 17.0. The number of hydrogen-bond donors (Lipinski definition) is 1. The van der Waals surface area contributed by atoms with E-state index in [0.717, 1.165) is 55.2 Å². The number of anilines is 1. The van der Waals surface area contributed by atoms with Gasteiger partial charge in [-0.3, -0.25) is 14.6 Å². The Morgan fingerprint density at radius 2 is 1.71 bits per heavy atom. The third-order valence-electron chi connectivity index (χ3n) is 6.17. The molecule has 1 N–H and O–H groups in total. The summed E-state index contributed by atoms with van der Waals surface area (Å²) in [6, 6.07) is 16.1. The maximum Gasteiger partial charge on any atom is 0.341 e. The van der Waals surface area contributed by atoms with E-state index in [9.17, 15) is 9.59 Å². The summed E-state index contributed by atoms with van der Waals surface area (Å²) >= 11 is 1.34. The number of esters is 1. The van der Waals surface area contributed by atoms with Crippen LogP contribution >= 0.6 is 11.3 Å². The number of benzene rings is 2. The molecular formula is C27H31N3O4S. The van der Waals surface area contributed by atoms with Crippen molar-refractivity contribution in [3.8, 4) is 16.9 Å². The van der Waals surface area contributed by atoms with E-state index < -0.39 is 5.97 Å². The Labute approximate surface area is 210 Å². The molecule has 7 nitrogen and oxygen atoms in total. The molecule has 3 aromatic rings. The molecule has 35 heavy (non-hydrogen) atoms. The van der Waals surface area contributed by atoms with Crippen LogP contribution in [0.3, 0.4) is 0 Å². The molecule has 0 saturated carbocycles. The number of piperazine rings is 1. The molecule has 184 valence electrons. The molecule has 1 amide bonds. The molecule has 0 spiro atoms. The van der Waals surface area contributed by atoms with E-state index in [4.69, 9.17) is 9.47 Å². The van der Waals surface area contributed by atoms with E-state index in [0.29, 0.717) is 10.6 Å². The lowest BCUT2D eigenvalue weighted by atomic mass is 10.0. The summed E-state index contributed by atoms with van der Waals surface area (Å²) in [5, 5.41) is 5.36. The SMILES string of the molecule is COC(=O)c1c(-c2ccc(C)cc2)csc1NC(=O)CN1CCN(Cc2cccc(OC)c2)CC1. The second-order valence-corrected chi connectivity index (χ2v) is 9.54. The molecule has 8 heteroatoms.